The highest BCUT2D eigenvalue weighted by molar-refractivity contribution is 5.69. The van der Waals surface area contributed by atoms with Gasteiger partial charge in [-0.3, -0.25) is 4.79 Å². The molecule has 0 aliphatic rings. The molecule has 0 amide bonds. The number of furan rings is 1. The summed E-state index contributed by atoms with van der Waals surface area (Å²) >= 11 is 0. The van der Waals surface area contributed by atoms with Crippen LogP contribution < -0.4 is 0 Å². The Morgan fingerprint density at radius 1 is 1.57 bits per heavy atom. The molecule has 0 N–H and O–H groups in total. The van der Waals surface area contributed by atoms with Gasteiger partial charge in [0.1, 0.15) is 6.61 Å². The largest absolute Gasteiger partial charge is 0.472 e. The summed E-state index contributed by atoms with van der Waals surface area (Å²) in [5.41, 5.74) is 0.892. The predicted octanol–water partition coefficient (Wildman–Crippen LogP) is 2.76. The molecule has 0 unspecified atom stereocenters. The third kappa shape index (κ3) is 4.12. The van der Waals surface area contributed by atoms with E-state index in [4.69, 9.17) is 9.15 Å². The standard InChI is InChI=1S/C11H16O3/c1-9(2)3-4-11(12)14-8-10-5-6-13-7-10/h5-7,9H,3-4,8H2,1-2H3. The molecule has 78 valence electrons. The van der Waals surface area contributed by atoms with Gasteiger partial charge in [0.25, 0.3) is 0 Å². The van der Waals surface area contributed by atoms with E-state index in [0.717, 1.165) is 12.0 Å². The van der Waals surface area contributed by atoms with Crippen LogP contribution in [0.1, 0.15) is 32.3 Å². The van der Waals surface area contributed by atoms with Crippen LogP contribution in [-0.2, 0) is 16.1 Å². The molecule has 0 atom stereocenters. The molecular weight excluding hydrogens is 180 g/mol. The Morgan fingerprint density at radius 3 is 2.93 bits per heavy atom. The maximum atomic E-state index is 11.2. The van der Waals surface area contributed by atoms with E-state index < -0.39 is 0 Å². The van der Waals surface area contributed by atoms with Gasteiger partial charge in [-0.15, -0.1) is 0 Å². The fraction of sp³-hybridized carbons (Fsp3) is 0.545. The topological polar surface area (TPSA) is 39.4 Å². The van der Waals surface area contributed by atoms with Gasteiger partial charge in [-0.1, -0.05) is 13.8 Å². The molecule has 3 heteroatoms. The second-order valence-corrected chi connectivity index (χ2v) is 3.72. The van der Waals surface area contributed by atoms with E-state index in [2.05, 4.69) is 13.8 Å². The van der Waals surface area contributed by atoms with Crippen LogP contribution in [0.4, 0.5) is 0 Å². The zero-order chi connectivity index (χ0) is 10.4. The van der Waals surface area contributed by atoms with Crippen LogP contribution in [-0.4, -0.2) is 5.97 Å². The Kier molecular flexibility index (Phi) is 4.23. The summed E-state index contributed by atoms with van der Waals surface area (Å²) in [6.45, 7) is 4.49. The maximum Gasteiger partial charge on any atom is 0.306 e. The first-order valence-corrected chi connectivity index (χ1v) is 4.85. The minimum Gasteiger partial charge on any atom is -0.472 e. The minimum absolute atomic E-state index is 0.139. The molecule has 0 saturated carbocycles. The minimum atomic E-state index is -0.139. The lowest BCUT2D eigenvalue weighted by atomic mass is 10.1. The molecule has 1 rings (SSSR count). The highest BCUT2D eigenvalue weighted by Gasteiger charge is 2.05. The summed E-state index contributed by atoms with van der Waals surface area (Å²) in [5, 5.41) is 0. The SMILES string of the molecule is CC(C)CCC(=O)OCc1ccoc1. The Bertz CT molecular complexity index is 262. The second kappa shape index (κ2) is 5.47. The van der Waals surface area contributed by atoms with E-state index in [-0.39, 0.29) is 5.97 Å². The number of carbonyl (C=O) groups excluding carboxylic acids is 1. The van der Waals surface area contributed by atoms with Gasteiger partial charge in [-0.2, -0.15) is 0 Å². The normalized spacial score (nSPS) is 10.5. The van der Waals surface area contributed by atoms with Gasteiger partial charge in [0.15, 0.2) is 0 Å². The third-order valence-corrected chi connectivity index (χ3v) is 1.91. The molecule has 0 fully saturated rings. The van der Waals surface area contributed by atoms with Crippen molar-refractivity contribution < 1.29 is 13.9 Å². The van der Waals surface area contributed by atoms with E-state index in [9.17, 15) is 4.79 Å². The summed E-state index contributed by atoms with van der Waals surface area (Å²) < 4.78 is 9.89. The van der Waals surface area contributed by atoms with Gasteiger partial charge in [-0.05, 0) is 18.4 Å². The number of esters is 1. The fourth-order valence-electron chi connectivity index (χ4n) is 1.02. The van der Waals surface area contributed by atoms with E-state index >= 15 is 0 Å². The molecule has 0 bridgehead atoms. The number of ether oxygens (including phenoxy) is 1. The van der Waals surface area contributed by atoms with Crippen LogP contribution in [0.5, 0.6) is 0 Å². The van der Waals surface area contributed by atoms with Crippen molar-refractivity contribution in [2.24, 2.45) is 5.92 Å². The zero-order valence-corrected chi connectivity index (χ0v) is 8.66. The number of hydrogen-bond donors (Lipinski definition) is 0. The predicted molar refractivity (Wildman–Crippen MR) is 52.6 cm³/mol. The first kappa shape index (κ1) is 10.8. The summed E-state index contributed by atoms with van der Waals surface area (Å²) in [5.74, 6) is 0.399. The smallest absolute Gasteiger partial charge is 0.306 e. The zero-order valence-electron chi connectivity index (χ0n) is 8.66. The molecule has 0 spiro atoms. The van der Waals surface area contributed by atoms with E-state index in [1.54, 1.807) is 18.6 Å². The molecule has 0 aromatic carbocycles. The van der Waals surface area contributed by atoms with Crippen molar-refractivity contribution in [1.82, 2.24) is 0 Å². The number of hydrogen-bond acceptors (Lipinski definition) is 3. The lowest BCUT2D eigenvalue weighted by Crippen LogP contribution is -2.05. The summed E-state index contributed by atoms with van der Waals surface area (Å²) in [7, 11) is 0. The first-order chi connectivity index (χ1) is 6.68. The first-order valence-electron chi connectivity index (χ1n) is 4.85. The third-order valence-electron chi connectivity index (χ3n) is 1.91. The molecule has 0 aliphatic heterocycles. The molecule has 1 heterocycles. The lowest BCUT2D eigenvalue weighted by molar-refractivity contribution is -0.145. The average molecular weight is 196 g/mol. The van der Waals surface area contributed by atoms with Crippen LogP contribution in [0.2, 0.25) is 0 Å². The van der Waals surface area contributed by atoms with Crippen molar-refractivity contribution in [2.75, 3.05) is 0 Å². The van der Waals surface area contributed by atoms with Gasteiger partial charge < -0.3 is 9.15 Å². The van der Waals surface area contributed by atoms with Crippen molar-refractivity contribution in [1.29, 1.82) is 0 Å². The molecule has 1 aromatic rings. The Morgan fingerprint density at radius 2 is 2.36 bits per heavy atom. The second-order valence-electron chi connectivity index (χ2n) is 3.72. The van der Waals surface area contributed by atoms with E-state index in [1.165, 1.54) is 0 Å². The molecule has 3 nitrogen and oxygen atoms in total. The van der Waals surface area contributed by atoms with Crippen LogP contribution in [0.3, 0.4) is 0 Å². The fourth-order valence-corrected chi connectivity index (χ4v) is 1.02. The number of rotatable bonds is 5. The van der Waals surface area contributed by atoms with Crippen LogP contribution >= 0.6 is 0 Å². The highest BCUT2D eigenvalue weighted by atomic mass is 16.5. The summed E-state index contributed by atoms with van der Waals surface area (Å²) in [6, 6.07) is 1.79. The summed E-state index contributed by atoms with van der Waals surface area (Å²) in [6.07, 6.45) is 4.52. The van der Waals surface area contributed by atoms with Gasteiger partial charge in [0.2, 0.25) is 0 Å². The molecule has 0 radical (unpaired) electrons. The summed E-state index contributed by atoms with van der Waals surface area (Å²) in [4.78, 5) is 11.2. The van der Waals surface area contributed by atoms with Crippen molar-refractivity contribution in [3.8, 4) is 0 Å². The van der Waals surface area contributed by atoms with Gasteiger partial charge >= 0.3 is 5.97 Å². The van der Waals surface area contributed by atoms with Crippen molar-refractivity contribution in [3.63, 3.8) is 0 Å². The van der Waals surface area contributed by atoms with Gasteiger partial charge in [0.05, 0.1) is 12.5 Å². The van der Waals surface area contributed by atoms with Crippen molar-refractivity contribution in [2.45, 2.75) is 33.3 Å². The van der Waals surface area contributed by atoms with Crippen LogP contribution in [0.15, 0.2) is 23.0 Å². The monoisotopic (exact) mass is 196 g/mol. The molecule has 0 aliphatic carbocycles. The highest BCUT2D eigenvalue weighted by Crippen LogP contribution is 2.07. The Labute approximate surface area is 84.1 Å². The Balaban J connectivity index is 2.15. The van der Waals surface area contributed by atoms with Crippen molar-refractivity contribution in [3.05, 3.63) is 24.2 Å². The lowest BCUT2D eigenvalue weighted by Gasteiger charge is -2.04. The van der Waals surface area contributed by atoms with E-state index in [1.807, 2.05) is 0 Å². The van der Waals surface area contributed by atoms with E-state index in [0.29, 0.717) is 18.9 Å². The average Bonchev–Trinajstić information content (AvgIpc) is 2.63. The van der Waals surface area contributed by atoms with Crippen LogP contribution in [0, 0.1) is 5.92 Å². The van der Waals surface area contributed by atoms with Gasteiger partial charge in [0, 0.05) is 12.0 Å². The Hall–Kier alpha value is -1.25. The van der Waals surface area contributed by atoms with Crippen LogP contribution in [0.25, 0.3) is 0 Å². The molecular formula is C11H16O3. The quantitative estimate of drug-likeness (QED) is 0.680. The van der Waals surface area contributed by atoms with Gasteiger partial charge in [-0.25, -0.2) is 0 Å². The maximum absolute atomic E-state index is 11.2. The van der Waals surface area contributed by atoms with Crippen molar-refractivity contribution >= 4 is 5.97 Å². The molecule has 0 saturated heterocycles. The molecule has 14 heavy (non-hydrogen) atoms. The molecule has 1 aromatic heterocycles. The number of carbonyl (C=O) groups is 1.